The van der Waals surface area contributed by atoms with E-state index in [9.17, 15) is 18.0 Å². The van der Waals surface area contributed by atoms with Crippen LogP contribution >= 0.6 is 0 Å². The van der Waals surface area contributed by atoms with Crippen LogP contribution in [0.15, 0.2) is 48.0 Å². The molecule has 1 amide bonds. The molecule has 2 rings (SSSR count). The van der Waals surface area contributed by atoms with E-state index in [0.717, 1.165) is 17.7 Å². The predicted molar refractivity (Wildman–Crippen MR) is 93.3 cm³/mol. The fraction of sp³-hybridized carbons (Fsp3) is 0.211. The van der Waals surface area contributed by atoms with Crippen LogP contribution in [0.3, 0.4) is 0 Å². The first-order valence-corrected chi connectivity index (χ1v) is 7.63. The molecule has 0 saturated carbocycles. The third-order valence-corrected chi connectivity index (χ3v) is 3.62. The van der Waals surface area contributed by atoms with E-state index >= 15 is 0 Å². The van der Waals surface area contributed by atoms with E-state index in [4.69, 9.17) is 9.47 Å². The highest BCUT2D eigenvalue weighted by atomic mass is 19.4. The normalized spacial score (nSPS) is 11.8. The number of alkyl halides is 3. The maximum Gasteiger partial charge on any atom is 0.416 e. The average Bonchev–Trinajstić information content (AvgIpc) is 2.61. The first kappa shape index (κ1) is 19.4. The summed E-state index contributed by atoms with van der Waals surface area (Å²) in [6.07, 6.45) is -2.77. The van der Waals surface area contributed by atoms with Crippen molar-refractivity contribution < 1.29 is 27.4 Å². The molecule has 0 atom stereocenters. The molecule has 0 aromatic heterocycles. The van der Waals surface area contributed by atoms with Gasteiger partial charge in [0.25, 0.3) is 5.91 Å². The molecule has 0 radical (unpaired) electrons. The smallest absolute Gasteiger partial charge is 0.416 e. The van der Waals surface area contributed by atoms with Crippen molar-refractivity contribution in [3.63, 3.8) is 0 Å². The van der Waals surface area contributed by atoms with E-state index in [2.05, 4.69) is 5.32 Å². The Kier molecular flexibility index (Phi) is 5.92. The zero-order valence-electron chi connectivity index (χ0n) is 14.5. The van der Waals surface area contributed by atoms with Gasteiger partial charge in [-0.3, -0.25) is 4.79 Å². The molecule has 0 unspecified atom stereocenters. The lowest BCUT2D eigenvalue weighted by Gasteiger charge is -2.10. The fourth-order valence-electron chi connectivity index (χ4n) is 2.23. The van der Waals surface area contributed by atoms with Gasteiger partial charge < -0.3 is 14.8 Å². The highest BCUT2D eigenvalue weighted by Crippen LogP contribution is 2.30. The van der Waals surface area contributed by atoms with Gasteiger partial charge in [-0.05, 0) is 55.0 Å². The van der Waals surface area contributed by atoms with E-state index in [1.54, 1.807) is 31.2 Å². The first-order valence-electron chi connectivity index (χ1n) is 7.63. The zero-order valence-corrected chi connectivity index (χ0v) is 14.5. The first-order chi connectivity index (χ1) is 12.2. The van der Waals surface area contributed by atoms with Crippen molar-refractivity contribution in [1.82, 2.24) is 0 Å². The Balaban J connectivity index is 2.13. The van der Waals surface area contributed by atoms with Crippen LogP contribution < -0.4 is 14.8 Å². The summed E-state index contributed by atoms with van der Waals surface area (Å²) < 4.78 is 48.0. The quantitative estimate of drug-likeness (QED) is 0.777. The summed E-state index contributed by atoms with van der Waals surface area (Å²) in [5.41, 5.74) is 0.621. The van der Waals surface area contributed by atoms with Crippen LogP contribution in [0.2, 0.25) is 0 Å². The average molecular weight is 365 g/mol. The van der Waals surface area contributed by atoms with Gasteiger partial charge in [0.1, 0.15) is 0 Å². The van der Waals surface area contributed by atoms with Crippen molar-refractivity contribution in [2.75, 3.05) is 19.5 Å². The van der Waals surface area contributed by atoms with Crippen molar-refractivity contribution in [3.8, 4) is 11.5 Å². The summed E-state index contributed by atoms with van der Waals surface area (Å²) in [6.45, 7) is 1.61. The molecule has 2 aromatic carbocycles. The molecule has 138 valence electrons. The number of hydrogen-bond acceptors (Lipinski definition) is 3. The van der Waals surface area contributed by atoms with Gasteiger partial charge in [0.2, 0.25) is 0 Å². The number of anilines is 1. The van der Waals surface area contributed by atoms with E-state index in [1.807, 2.05) is 0 Å². The molecule has 1 N–H and O–H groups in total. The van der Waals surface area contributed by atoms with Crippen molar-refractivity contribution in [2.24, 2.45) is 0 Å². The van der Waals surface area contributed by atoms with E-state index in [1.165, 1.54) is 26.4 Å². The largest absolute Gasteiger partial charge is 0.493 e. The van der Waals surface area contributed by atoms with Crippen LogP contribution in [-0.2, 0) is 11.0 Å². The molecule has 0 aliphatic rings. The standard InChI is InChI=1S/C19H18F3NO3/c1-12(10-13-4-9-16(25-2)17(11-13)26-3)18(24)23-15-7-5-14(6-8-15)19(20,21)22/h4-11H,1-3H3,(H,23,24)/b12-10+. The fourth-order valence-corrected chi connectivity index (χ4v) is 2.23. The number of carbonyl (C=O) groups excluding carboxylic acids is 1. The number of hydrogen-bond donors (Lipinski definition) is 1. The molecular formula is C19H18F3NO3. The Bertz CT molecular complexity index is 812. The summed E-state index contributed by atoms with van der Waals surface area (Å²) >= 11 is 0. The molecule has 7 heteroatoms. The lowest BCUT2D eigenvalue weighted by Crippen LogP contribution is -2.13. The molecule has 0 aliphatic carbocycles. The molecule has 0 heterocycles. The number of methoxy groups -OCH3 is 2. The predicted octanol–water partition coefficient (Wildman–Crippen LogP) is 4.76. The van der Waals surface area contributed by atoms with Crippen LogP contribution in [-0.4, -0.2) is 20.1 Å². The number of amides is 1. The highest BCUT2D eigenvalue weighted by molar-refractivity contribution is 6.06. The minimum atomic E-state index is -4.41. The summed E-state index contributed by atoms with van der Waals surface area (Å²) in [5.74, 6) is 0.674. The Morgan fingerprint density at radius 2 is 1.62 bits per heavy atom. The molecule has 0 bridgehead atoms. The summed E-state index contributed by atoms with van der Waals surface area (Å²) in [4.78, 5) is 12.2. The van der Waals surface area contributed by atoms with Gasteiger partial charge >= 0.3 is 6.18 Å². The SMILES string of the molecule is COc1ccc(/C=C(\C)C(=O)Nc2ccc(C(F)(F)F)cc2)cc1OC. The monoisotopic (exact) mass is 365 g/mol. The van der Waals surface area contributed by atoms with E-state index in [0.29, 0.717) is 17.1 Å². The number of nitrogens with one attached hydrogen (secondary N) is 1. The Hall–Kier alpha value is -2.96. The van der Waals surface area contributed by atoms with E-state index < -0.39 is 17.6 Å². The van der Waals surface area contributed by atoms with Crippen molar-refractivity contribution in [2.45, 2.75) is 13.1 Å². The minimum Gasteiger partial charge on any atom is -0.493 e. The van der Waals surface area contributed by atoms with Gasteiger partial charge in [-0.15, -0.1) is 0 Å². The third kappa shape index (κ3) is 4.78. The Labute approximate surface area is 149 Å². The van der Waals surface area contributed by atoms with Gasteiger partial charge in [-0.2, -0.15) is 13.2 Å². The molecule has 0 aliphatic heterocycles. The number of ether oxygens (including phenoxy) is 2. The molecular weight excluding hydrogens is 347 g/mol. The van der Waals surface area contributed by atoms with Crippen LogP contribution in [0.5, 0.6) is 11.5 Å². The second-order valence-corrected chi connectivity index (χ2v) is 5.47. The molecule has 0 saturated heterocycles. The van der Waals surface area contributed by atoms with Crippen molar-refractivity contribution in [1.29, 1.82) is 0 Å². The lowest BCUT2D eigenvalue weighted by molar-refractivity contribution is -0.137. The lowest BCUT2D eigenvalue weighted by atomic mass is 10.1. The minimum absolute atomic E-state index is 0.281. The van der Waals surface area contributed by atoms with Crippen molar-refractivity contribution in [3.05, 3.63) is 59.2 Å². The molecule has 4 nitrogen and oxygen atoms in total. The van der Waals surface area contributed by atoms with Crippen LogP contribution in [0, 0.1) is 0 Å². The molecule has 26 heavy (non-hydrogen) atoms. The summed E-state index contributed by atoms with van der Waals surface area (Å²) in [5, 5.41) is 2.56. The Morgan fingerprint density at radius 1 is 1.00 bits per heavy atom. The number of benzene rings is 2. The number of carbonyl (C=O) groups is 1. The van der Waals surface area contributed by atoms with Crippen molar-refractivity contribution >= 4 is 17.7 Å². The topological polar surface area (TPSA) is 47.6 Å². The van der Waals surface area contributed by atoms with E-state index in [-0.39, 0.29) is 5.69 Å². The third-order valence-electron chi connectivity index (χ3n) is 3.62. The summed E-state index contributed by atoms with van der Waals surface area (Å²) in [6, 6.07) is 9.45. The maximum absolute atomic E-state index is 12.6. The van der Waals surface area contributed by atoms with Crippen LogP contribution in [0.25, 0.3) is 6.08 Å². The summed E-state index contributed by atoms with van der Waals surface area (Å²) in [7, 11) is 3.03. The van der Waals surface area contributed by atoms with Crippen LogP contribution in [0.1, 0.15) is 18.1 Å². The molecule has 0 fully saturated rings. The Morgan fingerprint density at radius 3 is 2.15 bits per heavy atom. The molecule has 0 spiro atoms. The van der Waals surface area contributed by atoms with Crippen LogP contribution in [0.4, 0.5) is 18.9 Å². The maximum atomic E-state index is 12.6. The second kappa shape index (κ2) is 7.95. The second-order valence-electron chi connectivity index (χ2n) is 5.47. The number of halogens is 3. The zero-order chi connectivity index (χ0) is 19.3. The van der Waals surface area contributed by atoms with Gasteiger partial charge in [-0.1, -0.05) is 6.07 Å². The van der Waals surface area contributed by atoms with Gasteiger partial charge in [-0.25, -0.2) is 0 Å². The highest BCUT2D eigenvalue weighted by Gasteiger charge is 2.29. The molecule has 2 aromatic rings. The van der Waals surface area contributed by atoms with Gasteiger partial charge in [0.15, 0.2) is 11.5 Å². The number of rotatable bonds is 5. The van der Waals surface area contributed by atoms with Gasteiger partial charge in [0.05, 0.1) is 19.8 Å². The van der Waals surface area contributed by atoms with Gasteiger partial charge in [0, 0.05) is 11.3 Å².